The second-order valence-electron chi connectivity index (χ2n) is 8.89. The predicted octanol–water partition coefficient (Wildman–Crippen LogP) is 4.09. The van der Waals surface area contributed by atoms with Gasteiger partial charge < -0.3 is 19.7 Å². The highest BCUT2D eigenvalue weighted by Gasteiger charge is 2.49. The van der Waals surface area contributed by atoms with Crippen LogP contribution in [0.15, 0.2) is 53.1 Å². The maximum absolute atomic E-state index is 9.82. The Hall–Kier alpha value is -2.21. The molecule has 2 aliphatic carbocycles. The van der Waals surface area contributed by atoms with Gasteiger partial charge in [0.25, 0.3) is 0 Å². The van der Waals surface area contributed by atoms with Crippen molar-refractivity contribution < 1.29 is 14.4 Å². The number of aromatic nitrogens is 1. The Kier molecular flexibility index (Phi) is 5.59. The number of rotatable bonds is 7. The molecule has 1 saturated carbocycles. The highest BCUT2D eigenvalue weighted by molar-refractivity contribution is 5.85. The van der Waals surface area contributed by atoms with E-state index in [1.807, 2.05) is 18.2 Å². The molecular formula is C25H30N2O3. The van der Waals surface area contributed by atoms with E-state index in [-0.39, 0.29) is 5.41 Å². The smallest absolute Gasteiger partial charge is 0.152 e. The van der Waals surface area contributed by atoms with Gasteiger partial charge in [0.05, 0.1) is 11.7 Å². The molecule has 2 aromatic rings. The second-order valence-corrected chi connectivity index (χ2v) is 8.89. The largest absolute Gasteiger partial charge is 0.389 e. The third-order valence-electron chi connectivity index (χ3n) is 6.68. The molecule has 1 aromatic carbocycles. The molecule has 1 aliphatic heterocycles. The van der Waals surface area contributed by atoms with Gasteiger partial charge in [-0.05, 0) is 50.1 Å². The second kappa shape index (κ2) is 8.50. The molecule has 5 nitrogen and oxygen atoms in total. The lowest BCUT2D eigenvalue weighted by molar-refractivity contribution is 0.0661. The topological polar surface area (TPSA) is 67.5 Å². The van der Waals surface area contributed by atoms with Crippen molar-refractivity contribution in [1.29, 1.82) is 0 Å². The SMILES string of the molecule is OC1C=CC(c2noc(C3(CNCC4CCOCC4)CC3)c2-c2ccccc2)=CC1. The summed E-state index contributed by atoms with van der Waals surface area (Å²) in [6.45, 7) is 3.74. The quantitative estimate of drug-likeness (QED) is 0.725. The number of aliphatic hydroxyl groups excluding tert-OH is 1. The number of nitrogens with one attached hydrogen (secondary N) is 1. The van der Waals surface area contributed by atoms with Crippen LogP contribution in [-0.4, -0.2) is 42.7 Å². The van der Waals surface area contributed by atoms with E-state index in [0.717, 1.165) is 80.1 Å². The lowest BCUT2D eigenvalue weighted by atomic mass is 9.90. The summed E-state index contributed by atoms with van der Waals surface area (Å²) in [5.74, 6) is 1.71. The first-order valence-corrected chi connectivity index (χ1v) is 11.2. The van der Waals surface area contributed by atoms with Crippen LogP contribution in [0, 0.1) is 5.92 Å². The lowest BCUT2D eigenvalue weighted by Gasteiger charge is -2.23. The average molecular weight is 407 g/mol. The van der Waals surface area contributed by atoms with E-state index < -0.39 is 6.10 Å². The minimum atomic E-state index is -0.413. The molecule has 30 heavy (non-hydrogen) atoms. The number of hydrogen-bond donors (Lipinski definition) is 2. The zero-order valence-electron chi connectivity index (χ0n) is 17.3. The van der Waals surface area contributed by atoms with E-state index in [0.29, 0.717) is 12.3 Å². The standard InChI is InChI=1S/C25H30N2O3/c28-21-8-6-20(7-9-21)23-22(19-4-2-1-3-5-19)24(30-27-23)25(12-13-25)17-26-16-18-10-14-29-15-11-18/h1-8,18,21,26,28H,9-17H2. The summed E-state index contributed by atoms with van der Waals surface area (Å²) < 4.78 is 11.5. The van der Waals surface area contributed by atoms with Gasteiger partial charge in [-0.1, -0.05) is 53.7 Å². The molecule has 1 aromatic heterocycles. The molecule has 3 aliphatic rings. The van der Waals surface area contributed by atoms with Gasteiger partial charge in [0, 0.05) is 30.7 Å². The molecular weight excluding hydrogens is 376 g/mol. The van der Waals surface area contributed by atoms with Crippen LogP contribution in [0.25, 0.3) is 16.7 Å². The maximum Gasteiger partial charge on any atom is 0.152 e. The van der Waals surface area contributed by atoms with Crippen LogP contribution < -0.4 is 5.32 Å². The minimum absolute atomic E-state index is 0.0278. The monoisotopic (exact) mass is 406 g/mol. The first kappa shape index (κ1) is 19.7. The van der Waals surface area contributed by atoms with Crippen LogP contribution in [0.1, 0.15) is 43.6 Å². The summed E-state index contributed by atoms with van der Waals surface area (Å²) in [6, 6.07) is 10.4. The molecule has 0 bridgehead atoms. The van der Waals surface area contributed by atoms with Crippen LogP contribution in [0.5, 0.6) is 0 Å². The van der Waals surface area contributed by atoms with Crippen LogP contribution in [0.2, 0.25) is 0 Å². The minimum Gasteiger partial charge on any atom is -0.389 e. The van der Waals surface area contributed by atoms with Crippen molar-refractivity contribution in [2.75, 3.05) is 26.3 Å². The summed E-state index contributed by atoms with van der Waals surface area (Å²) in [5, 5.41) is 18.1. The molecule has 1 atom stereocenters. The summed E-state index contributed by atoms with van der Waals surface area (Å²) in [6.07, 6.45) is 10.6. The average Bonchev–Trinajstić information content (AvgIpc) is 3.44. The first-order valence-electron chi connectivity index (χ1n) is 11.2. The van der Waals surface area contributed by atoms with E-state index >= 15 is 0 Å². The van der Waals surface area contributed by atoms with E-state index in [4.69, 9.17) is 9.26 Å². The highest BCUT2D eigenvalue weighted by Crippen LogP contribution is 2.52. The van der Waals surface area contributed by atoms with Crippen LogP contribution >= 0.6 is 0 Å². The lowest BCUT2D eigenvalue weighted by Crippen LogP contribution is -2.33. The normalized spacial score (nSPS) is 23.4. The molecule has 2 N–H and O–H groups in total. The fourth-order valence-corrected chi connectivity index (χ4v) is 4.61. The number of nitrogens with zero attached hydrogens (tertiary/aromatic N) is 1. The van der Waals surface area contributed by atoms with Crippen molar-refractivity contribution in [3.63, 3.8) is 0 Å². The summed E-state index contributed by atoms with van der Waals surface area (Å²) in [5.41, 5.74) is 4.18. The molecule has 0 amide bonds. The number of ether oxygens (including phenoxy) is 1. The zero-order chi connectivity index (χ0) is 20.4. The van der Waals surface area contributed by atoms with Gasteiger partial charge in [-0.15, -0.1) is 0 Å². The molecule has 158 valence electrons. The van der Waals surface area contributed by atoms with E-state index in [2.05, 4.69) is 40.8 Å². The Bertz CT molecular complexity index is 921. The van der Waals surface area contributed by atoms with Crippen molar-refractivity contribution in [1.82, 2.24) is 10.5 Å². The van der Waals surface area contributed by atoms with Crippen LogP contribution in [0.3, 0.4) is 0 Å². The summed E-state index contributed by atoms with van der Waals surface area (Å²) >= 11 is 0. The molecule has 1 unspecified atom stereocenters. The number of hydrogen-bond acceptors (Lipinski definition) is 5. The molecule has 0 spiro atoms. The maximum atomic E-state index is 9.82. The predicted molar refractivity (Wildman–Crippen MR) is 117 cm³/mol. The summed E-state index contributed by atoms with van der Waals surface area (Å²) in [4.78, 5) is 0. The molecule has 0 radical (unpaired) electrons. The summed E-state index contributed by atoms with van der Waals surface area (Å²) in [7, 11) is 0. The first-order chi connectivity index (χ1) is 14.8. The van der Waals surface area contributed by atoms with E-state index in [9.17, 15) is 5.11 Å². The Labute approximate surface area is 177 Å². The van der Waals surface area contributed by atoms with Gasteiger partial charge in [0.15, 0.2) is 5.76 Å². The molecule has 2 heterocycles. The number of allylic oxidation sites excluding steroid dienone is 2. The van der Waals surface area contributed by atoms with E-state index in [1.54, 1.807) is 0 Å². The Balaban J connectivity index is 1.41. The molecule has 2 fully saturated rings. The Morgan fingerprint density at radius 2 is 1.93 bits per heavy atom. The molecule has 1 saturated heterocycles. The van der Waals surface area contributed by atoms with Gasteiger partial charge in [-0.3, -0.25) is 0 Å². The van der Waals surface area contributed by atoms with Gasteiger partial charge in [-0.25, -0.2) is 0 Å². The van der Waals surface area contributed by atoms with Crippen molar-refractivity contribution in [3.8, 4) is 11.1 Å². The fraction of sp³-hybridized carbons (Fsp3) is 0.480. The van der Waals surface area contributed by atoms with Gasteiger partial charge in [0.1, 0.15) is 5.69 Å². The number of benzene rings is 1. The van der Waals surface area contributed by atoms with Crippen molar-refractivity contribution in [2.24, 2.45) is 5.92 Å². The number of aliphatic hydroxyl groups is 1. The zero-order valence-corrected chi connectivity index (χ0v) is 17.3. The van der Waals surface area contributed by atoms with E-state index in [1.165, 1.54) is 0 Å². The molecule has 5 heteroatoms. The van der Waals surface area contributed by atoms with Gasteiger partial charge in [-0.2, -0.15) is 0 Å². The Morgan fingerprint density at radius 3 is 2.63 bits per heavy atom. The van der Waals surface area contributed by atoms with Gasteiger partial charge >= 0.3 is 0 Å². The van der Waals surface area contributed by atoms with Crippen molar-refractivity contribution in [3.05, 3.63) is 60.0 Å². The third kappa shape index (κ3) is 4.02. The van der Waals surface area contributed by atoms with Crippen molar-refractivity contribution >= 4 is 5.57 Å². The third-order valence-corrected chi connectivity index (χ3v) is 6.68. The van der Waals surface area contributed by atoms with Crippen LogP contribution in [0.4, 0.5) is 0 Å². The highest BCUT2D eigenvalue weighted by atomic mass is 16.5. The van der Waals surface area contributed by atoms with Gasteiger partial charge in [0.2, 0.25) is 0 Å². The van der Waals surface area contributed by atoms with Crippen molar-refractivity contribution in [2.45, 2.75) is 43.6 Å². The molecule has 5 rings (SSSR count). The van der Waals surface area contributed by atoms with Crippen LogP contribution in [-0.2, 0) is 10.2 Å². The Morgan fingerprint density at radius 1 is 1.13 bits per heavy atom. The fourth-order valence-electron chi connectivity index (χ4n) is 4.61.